The molecule has 2 aliphatic heterocycles. The molecule has 7 nitrogen and oxygen atoms in total. The number of halogens is 1. The second kappa shape index (κ2) is 9.33. The quantitative estimate of drug-likeness (QED) is 0.678. The van der Waals surface area contributed by atoms with Crippen LogP contribution in [0.15, 0.2) is 48.5 Å². The van der Waals surface area contributed by atoms with Crippen LogP contribution in [0, 0.1) is 0 Å². The molecule has 2 saturated heterocycles. The molecule has 2 aromatic rings. The SMILES string of the molecule is CN(C)C(=O)c1ccc(NC2CN(C3CCN(C(=O)[C@@](C)(O)c4ccccc4)C3)C2)cc1Cl. The van der Waals surface area contributed by atoms with Crippen LogP contribution < -0.4 is 5.32 Å². The van der Waals surface area contributed by atoms with Gasteiger partial charge in [-0.25, -0.2) is 0 Å². The molecule has 0 spiro atoms. The van der Waals surface area contributed by atoms with Crippen molar-refractivity contribution in [2.45, 2.75) is 31.0 Å². The first-order valence-electron chi connectivity index (χ1n) is 11.3. The average molecular weight is 471 g/mol. The van der Waals surface area contributed by atoms with Crippen molar-refractivity contribution >= 4 is 29.1 Å². The number of anilines is 1. The van der Waals surface area contributed by atoms with Gasteiger partial charge in [0.2, 0.25) is 0 Å². The number of amides is 2. The Bertz CT molecular complexity index is 1020. The molecule has 8 heteroatoms. The Hall–Kier alpha value is -2.61. The van der Waals surface area contributed by atoms with Crippen LogP contribution in [-0.2, 0) is 10.4 Å². The van der Waals surface area contributed by atoms with E-state index in [0.717, 1.165) is 25.2 Å². The third kappa shape index (κ3) is 4.86. The standard InChI is InChI=1S/C25H31ClN4O3/c1-25(33,17-7-5-4-6-8-17)24(32)29-12-11-20(16-29)30-14-19(15-30)27-18-9-10-21(22(26)13-18)23(31)28(2)3/h4-10,13,19-20,27,33H,11-12,14-16H2,1-3H3/t20?,25-/m0/s1. The summed E-state index contributed by atoms with van der Waals surface area (Å²) >= 11 is 6.32. The van der Waals surface area contributed by atoms with E-state index < -0.39 is 5.60 Å². The Kier molecular flexibility index (Phi) is 6.66. The zero-order chi connectivity index (χ0) is 23.8. The Balaban J connectivity index is 1.29. The first kappa shape index (κ1) is 23.5. The summed E-state index contributed by atoms with van der Waals surface area (Å²) in [6.45, 7) is 4.60. The van der Waals surface area contributed by atoms with E-state index in [-0.39, 0.29) is 17.9 Å². The predicted octanol–water partition coefficient (Wildman–Crippen LogP) is 2.65. The lowest BCUT2D eigenvalue weighted by Crippen LogP contribution is -2.59. The molecule has 2 heterocycles. The predicted molar refractivity (Wildman–Crippen MR) is 129 cm³/mol. The van der Waals surface area contributed by atoms with Crippen molar-refractivity contribution in [2.24, 2.45) is 0 Å². The minimum atomic E-state index is -1.52. The number of hydrogen-bond donors (Lipinski definition) is 2. The molecule has 2 aromatic carbocycles. The molecule has 0 saturated carbocycles. The van der Waals surface area contributed by atoms with Crippen LogP contribution >= 0.6 is 11.6 Å². The molecule has 0 aliphatic carbocycles. The lowest BCUT2D eigenvalue weighted by molar-refractivity contribution is -0.149. The maximum absolute atomic E-state index is 13.0. The van der Waals surface area contributed by atoms with E-state index in [1.165, 1.54) is 4.90 Å². The third-order valence-corrected chi connectivity index (χ3v) is 6.92. The van der Waals surface area contributed by atoms with Gasteiger partial charge >= 0.3 is 0 Å². The molecule has 0 aromatic heterocycles. The highest BCUT2D eigenvalue weighted by atomic mass is 35.5. The molecule has 176 valence electrons. The number of likely N-dealkylation sites (tertiary alicyclic amines) is 2. The molecular weight excluding hydrogens is 440 g/mol. The summed E-state index contributed by atoms with van der Waals surface area (Å²) in [6.07, 6.45) is 0.899. The van der Waals surface area contributed by atoms with Crippen LogP contribution in [0.2, 0.25) is 5.02 Å². The topological polar surface area (TPSA) is 76.1 Å². The number of rotatable bonds is 6. The third-order valence-electron chi connectivity index (χ3n) is 6.61. The van der Waals surface area contributed by atoms with Gasteiger partial charge in [-0.15, -0.1) is 0 Å². The maximum atomic E-state index is 13.0. The van der Waals surface area contributed by atoms with Crippen molar-refractivity contribution in [1.29, 1.82) is 0 Å². The molecule has 0 radical (unpaired) electrons. The summed E-state index contributed by atoms with van der Waals surface area (Å²) in [5.74, 6) is -0.360. The highest BCUT2D eigenvalue weighted by molar-refractivity contribution is 6.34. The Morgan fingerprint density at radius 2 is 1.82 bits per heavy atom. The van der Waals surface area contributed by atoms with E-state index in [2.05, 4.69) is 10.2 Å². The van der Waals surface area contributed by atoms with Crippen molar-refractivity contribution in [3.05, 3.63) is 64.7 Å². The van der Waals surface area contributed by atoms with Crippen LogP contribution in [0.3, 0.4) is 0 Å². The molecule has 2 fully saturated rings. The Morgan fingerprint density at radius 1 is 1.12 bits per heavy atom. The molecule has 2 N–H and O–H groups in total. The van der Waals surface area contributed by atoms with E-state index in [4.69, 9.17) is 11.6 Å². The average Bonchev–Trinajstić information content (AvgIpc) is 3.25. The van der Waals surface area contributed by atoms with Crippen molar-refractivity contribution in [3.63, 3.8) is 0 Å². The largest absolute Gasteiger partial charge is 0.380 e. The Labute approximate surface area is 199 Å². The molecular formula is C25H31ClN4O3. The van der Waals surface area contributed by atoms with Gasteiger partial charge in [-0.3, -0.25) is 14.5 Å². The highest BCUT2D eigenvalue weighted by Crippen LogP contribution is 2.29. The Morgan fingerprint density at radius 3 is 2.45 bits per heavy atom. The summed E-state index contributed by atoms with van der Waals surface area (Å²) in [7, 11) is 3.41. The number of nitrogens with zero attached hydrogens (tertiary/aromatic N) is 3. The van der Waals surface area contributed by atoms with E-state index in [0.29, 0.717) is 35.3 Å². The van der Waals surface area contributed by atoms with Crippen LogP contribution in [0.5, 0.6) is 0 Å². The number of carbonyl (C=O) groups is 2. The molecule has 2 aliphatic rings. The minimum absolute atomic E-state index is 0.118. The van der Waals surface area contributed by atoms with Crippen LogP contribution in [0.25, 0.3) is 0 Å². The van der Waals surface area contributed by atoms with Crippen molar-refractivity contribution in [3.8, 4) is 0 Å². The summed E-state index contributed by atoms with van der Waals surface area (Å²) in [4.78, 5) is 30.8. The molecule has 33 heavy (non-hydrogen) atoms. The minimum Gasteiger partial charge on any atom is -0.380 e. The van der Waals surface area contributed by atoms with Gasteiger partial charge < -0.3 is 20.2 Å². The van der Waals surface area contributed by atoms with E-state index in [9.17, 15) is 14.7 Å². The molecule has 1 unspecified atom stereocenters. The maximum Gasteiger partial charge on any atom is 0.258 e. The fourth-order valence-electron chi connectivity index (χ4n) is 4.58. The summed E-state index contributed by atoms with van der Waals surface area (Å²) in [6, 6.07) is 15.1. The van der Waals surface area contributed by atoms with Crippen LogP contribution in [0.4, 0.5) is 5.69 Å². The smallest absolute Gasteiger partial charge is 0.258 e. The molecule has 0 bridgehead atoms. The first-order chi connectivity index (χ1) is 15.7. The number of aliphatic hydroxyl groups is 1. The van der Waals surface area contributed by atoms with Crippen LogP contribution in [0.1, 0.15) is 29.3 Å². The summed E-state index contributed by atoms with van der Waals surface area (Å²) in [5.41, 5.74) is 0.476. The van der Waals surface area contributed by atoms with Crippen molar-refractivity contribution in [2.75, 3.05) is 45.6 Å². The number of carbonyl (C=O) groups excluding carboxylic acids is 2. The van der Waals surface area contributed by atoms with Gasteiger partial charge in [0.05, 0.1) is 16.6 Å². The lowest BCUT2D eigenvalue weighted by atomic mass is 9.94. The van der Waals surface area contributed by atoms with E-state index in [1.54, 1.807) is 50.2 Å². The first-order valence-corrected chi connectivity index (χ1v) is 11.6. The molecule has 4 rings (SSSR count). The van der Waals surface area contributed by atoms with E-state index in [1.807, 2.05) is 24.3 Å². The molecule has 2 amide bonds. The van der Waals surface area contributed by atoms with Gasteiger partial charge in [0.15, 0.2) is 5.60 Å². The van der Waals surface area contributed by atoms with Gasteiger partial charge in [0, 0.05) is 52.0 Å². The van der Waals surface area contributed by atoms with Gasteiger partial charge in [-0.2, -0.15) is 0 Å². The summed E-state index contributed by atoms with van der Waals surface area (Å²) < 4.78 is 0. The monoisotopic (exact) mass is 470 g/mol. The fraction of sp³-hybridized carbons (Fsp3) is 0.440. The number of benzene rings is 2. The lowest BCUT2D eigenvalue weighted by Gasteiger charge is -2.44. The highest BCUT2D eigenvalue weighted by Gasteiger charge is 2.42. The second-order valence-electron chi connectivity index (χ2n) is 9.32. The van der Waals surface area contributed by atoms with Gasteiger partial charge in [0.1, 0.15) is 0 Å². The molecule has 2 atom stereocenters. The number of nitrogens with one attached hydrogen (secondary N) is 1. The van der Waals surface area contributed by atoms with Crippen molar-refractivity contribution in [1.82, 2.24) is 14.7 Å². The van der Waals surface area contributed by atoms with Gasteiger partial charge in [0.25, 0.3) is 11.8 Å². The van der Waals surface area contributed by atoms with E-state index >= 15 is 0 Å². The zero-order valence-corrected chi connectivity index (χ0v) is 20.0. The fourth-order valence-corrected chi connectivity index (χ4v) is 4.84. The summed E-state index contributed by atoms with van der Waals surface area (Å²) in [5, 5.41) is 14.8. The second-order valence-corrected chi connectivity index (χ2v) is 9.73. The van der Waals surface area contributed by atoms with Crippen LogP contribution in [-0.4, -0.2) is 84.0 Å². The van der Waals surface area contributed by atoms with Gasteiger partial charge in [-0.05, 0) is 37.1 Å². The van der Waals surface area contributed by atoms with Crippen molar-refractivity contribution < 1.29 is 14.7 Å². The number of hydrogen-bond acceptors (Lipinski definition) is 5. The van der Waals surface area contributed by atoms with Gasteiger partial charge in [-0.1, -0.05) is 41.9 Å². The normalized spacial score (nSPS) is 20.8. The zero-order valence-electron chi connectivity index (χ0n) is 19.3.